The molecule has 0 unspecified atom stereocenters. The Morgan fingerprint density at radius 2 is 1.82 bits per heavy atom. The third kappa shape index (κ3) is 5.56. The smallest absolute Gasteiger partial charge is 0.248 e. The first-order valence-electron chi connectivity index (χ1n) is 8.30. The maximum atomic E-state index is 12.2. The Balaban J connectivity index is 1.56. The van der Waals surface area contributed by atoms with Crippen molar-refractivity contribution in [1.82, 2.24) is 4.72 Å². The normalized spacial score (nSPS) is 11.6. The molecule has 0 atom stereocenters. The van der Waals surface area contributed by atoms with Crippen LogP contribution in [0.5, 0.6) is 0 Å². The Bertz CT molecular complexity index is 1090. The van der Waals surface area contributed by atoms with E-state index in [-0.39, 0.29) is 17.3 Å². The lowest BCUT2D eigenvalue weighted by Crippen LogP contribution is -2.22. The van der Waals surface area contributed by atoms with Crippen molar-refractivity contribution in [2.75, 3.05) is 5.32 Å². The molecule has 0 radical (unpaired) electrons. The second kappa shape index (κ2) is 8.88. The fourth-order valence-electron chi connectivity index (χ4n) is 2.34. The van der Waals surface area contributed by atoms with Crippen molar-refractivity contribution in [2.45, 2.75) is 11.4 Å². The number of rotatable bonds is 7. The van der Waals surface area contributed by atoms with Gasteiger partial charge >= 0.3 is 0 Å². The van der Waals surface area contributed by atoms with E-state index in [4.69, 9.17) is 16.0 Å². The number of hydrogen-bond acceptors (Lipinski definition) is 4. The Labute approximate surface area is 167 Å². The van der Waals surface area contributed by atoms with E-state index >= 15 is 0 Å². The van der Waals surface area contributed by atoms with Gasteiger partial charge in [0.25, 0.3) is 0 Å². The van der Waals surface area contributed by atoms with Crippen molar-refractivity contribution >= 4 is 39.3 Å². The molecule has 2 aromatic carbocycles. The van der Waals surface area contributed by atoms with Gasteiger partial charge in [-0.1, -0.05) is 35.9 Å². The zero-order valence-electron chi connectivity index (χ0n) is 14.6. The molecule has 0 bridgehead atoms. The van der Waals surface area contributed by atoms with Crippen LogP contribution >= 0.6 is 11.6 Å². The molecule has 2 N–H and O–H groups in total. The molecule has 28 heavy (non-hydrogen) atoms. The van der Waals surface area contributed by atoms with Gasteiger partial charge in [-0.3, -0.25) is 4.79 Å². The monoisotopic (exact) mass is 416 g/mol. The summed E-state index contributed by atoms with van der Waals surface area (Å²) in [4.78, 5) is 12.1. The standard InChI is InChI=1S/C20H17ClN2O4S/c21-15-5-4-6-16(13-15)23-20(24)12-11-17-9-10-18(27-17)14-22-28(25,26)19-7-2-1-3-8-19/h1-13,22H,14H2,(H,23,24)/b12-11+. The molecule has 0 saturated carbocycles. The molecule has 1 heterocycles. The summed E-state index contributed by atoms with van der Waals surface area (Å²) in [7, 11) is -3.62. The molecular formula is C20H17ClN2O4S. The molecular weight excluding hydrogens is 400 g/mol. The number of benzene rings is 2. The minimum atomic E-state index is -3.62. The van der Waals surface area contributed by atoms with Crippen molar-refractivity contribution in [1.29, 1.82) is 0 Å². The number of furan rings is 1. The van der Waals surface area contributed by atoms with Gasteiger partial charge in [0.2, 0.25) is 15.9 Å². The summed E-state index contributed by atoms with van der Waals surface area (Å²) >= 11 is 5.87. The molecule has 3 aromatic rings. The van der Waals surface area contributed by atoms with Crippen molar-refractivity contribution in [3.05, 3.63) is 89.3 Å². The highest BCUT2D eigenvalue weighted by Gasteiger charge is 2.13. The largest absolute Gasteiger partial charge is 0.460 e. The fraction of sp³-hybridized carbons (Fsp3) is 0.0500. The minimum Gasteiger partial charge on any atom is -0.460 e. The van der Waals surface area contributed by atoms with Gasteiger partial charge in [0.05, 0.1) is 11.4 Å². The van der Waals surface area contributed by atoms with Crippen LogP contribution in [0.25, 0.3) is 6.08 Å². The Morgan fingerprint density at radius 3 is 2.57 bits per heavy atom. The van der Waals surface area contributed by atoms with E-state index in [1.807, 2.05) is 0 Å². The van der Waals surface area contributed by atoms with Gasteiger partial charge in [0.15, 0.2) is 0 Å². The van der Waals surface area contributed by atoms with Crippen molar-refractivity contribution < 1.29 is 17.6 Å². The zero-order valence-corrected chi connectivity index (χ0v) is 16.2. The minimum absolute atomic E-state index is 0.000220. The van der Waals surface area contributed by atoms with Gasteiger partial charge in [-0.05, 0) is 48.5 Å². The third-order valence-electron chi connectivity index (χ3n) is 3.66. The van der Waals surface area contributed by atoms with E-state index in [2.05, 4.69) is 10.0 Å². The Hall–Kier alpha value is -2.87. The van der Waals surface area contributed by atoms with Crippen LogP contribution < -0.4 is 10.0 Å². The van der Waals surface area contributed by atoms with Crippen LogP contribution in [0.15, 0.2) is 82.1 Å². The predicted octanol–water partition coefficient (Wildman–Crippen LogP) is 4.06. The fourth-order valence-corrected chi connectivity index (χ4v) is 3.54. The summed E-state index contributed by atoms with van der Waals surface area (Å²) in [5, 5.41) is 3.20. The predicted molar refractivity (Wildman–Crippen MR) is 108 cm³/mol. The first kappa shape index (κ1) is 19.9. The summed E-state index contributed by atoms with van der Waals surface area (Å²) in [6, 6.07) is 18.2. The third-order valence-corrected chi connectivity index (χ3v) is 5.32. The molecule has 3 rings (SSSR count). The molecule has 0 saturated heterocycles. The molecule has 8 heteroatoms. The van der Waals surface area contributed by atoms with Gasteiger partial charge in [0, 0.05) is 16.8 Å². The summed E-state index contributed by atoms with van der Waals surface area (Å²) < 4.78 is 32.4. The molecule has 0 spiro atoms. The quantitative estimate of drug-likeness (QED) is 0.568. The van der Waals surface area contributed by atoms with E-state index < -0.39 is 10.0 Å². The van der Waals surface area contributed by atoms with E-state index in [1.165, 1.54) is 24.3 Å². The van der Waals surface area contributed by atoms with Crippen LogP contribution in [-0.2, 0) is 21.4 Å². The van der Waals surface area contributed by atoms with E-state index in [0.29, 0.717) is 22.2 Å². The second-order valence-electron chi connectivity index (χ2n) is 5.77. The molecule has 0 aliphatic rings. The number of hydrogen-bond donors (Lipinski definition) is 2. The lowest BCUT2D eigenvalue weighted by molar-refractivity contribution is -0.111. The number of carbonyl (C=O) groups excluding carboxylic acids is 1. The molecule has 0 fully saturated rings. The van der Waals surface area contributed by atoms with Crippen LogP contribution in [0.4, 0.5) is 5.69 Å². The van der Waals surface area contributed by atoms with Gasteiger partial charge in [0.1, 0.15) is 11.5 Å². The zero-order chi connectivity index (χ0) is 20.0. The molecule has 6 nitrogen and oxygen atoms in total. The van der Waals surface area contributed by atoms with E-state index in [1.54, 1.807) is 54.6 Å². The highest BCUT2D eigenvalue weighted by molar-refractivity contribution is 7.89. The van der Waals surface area contributed by atoms with Crippen LogP contribution in [0.3, 0.4) is 0 Å². The average molecular weight is 417 g/mol. The molecule has 0 aliphatic heterocycles. The summed E-state index contributed by atoms with van der Waals surface area (Å²) in [6.07, 6.45) is 2.81. The maximum absolute atomic E-state index is 12.2. The lowest BCUT2D eigenvalue weighted by atomic mass is 10.3. The van der Waals surface area contributed by atoms with E-state index in [9.17, 15) is 13.2 Å². The Morgan fingerprint density at radius 1 is 1.04 bits per heavy atom. The highest BCUT2D eigenvalue weighted by Crippen LogP contribution is 2.15. The first-order valence-corrected chi connectivity index (χ1v) is 10.2. The van der Waals surface area contributed by atoms with Gasteiger partial charge in [-0.15, -0.1) is 0 Å². The molecule has 144 valence electrons. The van der Waals surface area contributed by atoms with Crippen LogP contribution in [0.1, 0.15) is 11.5 Å². The molecule has 0 aliphatic carbocycles. The van der Waals surface area contributed by atoms with Crippen LogP contribution in [0.2, 0.25) is 5.02 Å². The topological polar surface area (TPSA) is 88.4 Å². The highest BCUT2D eigenvalue weighted by atomic mass is 35.5. The summed E-state index contributed by atoms with van der Waals surface area (Å²) in [5.41, 5.74) is 0.581. The molecule has 1 amide bonds. The number of carbonyl (C=O) groups is 1. The SMILES string of the molecule is O=C(/C=C/c1ccc(CNS(=O)(=O)c2ccccc2)o1)Nc1cccc(Cl)c1. The van der Waals surface area contributed by atoms with E-state index in [0.717, 1.165) is 0 Å². The van der Waals surface area contributed by atoms with Crippen molar-refractivity contribution in [3.63, 3.8) is 0 Å². The van der Waals surface area contributed by atoms with Gasteiger partial charge < -0.3 is 9.73 Å². The van der Waals surface area contributed by atoms with Crippen molar-refractivity contribution in [3.8, 4) is 0 Å². The molecule has 1 aromatic heterocycles. The Kier molecular flexibility index (Phi) is 6.30. The van der Waals surface area contributed by atoms with Gasteiger partial charge in [-0.25, -0.2) is 13.1 Å². The average Bonchev–Trinajstić information content (AvgIpc) is 3.14. The number of amides is 1. The number of halogens is 1. The number of sulfonamides is 1. The summed E-state index contributed by atoms with van der Waals surface area (Å²) in [5.74, 6) is 0.509. The number of anilines is 1. The lowest BCUT2D eigenvalue weighted by Gasteiger charge is -2.04. The first-order chi connectivity index (χ1) is 13.4. The van der Waals surface area contributed by atoms with Crippen LogP contribution in [0, 0.1) is 0 Å². The van der Waals surface area contributed by atoms with Gasteiger partial charge in [-0.2, -0.15) is 0 Å². The van der Waals surface area contributed by atoms with Crippen LogP contribution in [-0.4, -0.2) is 14.3 Å². The number of nitrogens with one attached hydrogen (secondary N) is 2. The summed E-state index contributed by atoms with van der Waals surface area (Å²) in [6.45, 7) is -0.000220. The van der Waals surface area contributed by atoms with Crippen molar-refractivity contribution in [2.24, 2.45) is 0 Å². The second-order valence-corrected chi connectivity index (χ2v) is 7.98. The maximum Gasteiger partial charge on any atom is 0.248 e.